The van der Waals surface area contributed by atoms with Gasteiger partial charge in [-0.3, -0.25) is 4.79 Å². The molecule has 0 aliphatic carbocycles. The van der Waals surface area contributed by atoms with Crippen molar-refractivity contribution in [2.45, 2.75) is 26.8 Å². The van der Waals surface area contributed by atoms with Crippen molar-refractivity contribution in [1.29, 1.82) is 0 Å². The summed E-state index contributed by atoms with van der Waals surface area (Å²) < 4.78 is 52.5. The minimum absolute atomic E-state index is 0.0595. The number of benzene rings is 1. The van der Waals surface area contributed by atoms with Gasteiger partial charge < -0.3 is 11.1 Å². The number of carbonyl (C=O) groups excluding carboxylic acids is 1. The van der Waals surface area contributed by atoms with Gasteiger partial charge in [0.1, 0.15) is 5.69 Å². The van der Waals surface area contributed by atoms with Crippen LogP contribution in [0.15, 0.2) is 6.07 Å². The maximum atomic E-state index is 13.3. The van der Waals surface area contributed by atoms with Gasteiger partial charge in [0.15, 0.2) is 23.3 Å². The third-order valence-electron chi connectivity index (χ3n) is 2.58. The van der Waals surface area contributed by atoms with E-state index in [-0.39, 0.29) is 6.07 Å². The first-order valence-electron chi connectivity index (χ1n) is 5.45. The molecule has 3 nitrogen and oxygen atoms in total. The Bertz CT molecular complexity index is 485. The number of hydrogen-bond acceptors (Lipinski definition) is 2. The predicted molar refractivity (Wildman–Crippen MR) is 62.3 cm³/mol. The van der Waals surface area contributed by atoms with E-state index in [1.165, 1.54) is 0 Å². The van der Waals surface area contributed by atoms with E-state index >= 15 is 0 Å². The van der Waals surface area contributed by atoms with Crippen molar-refractivity contribution < 1.29 is 22.4 Å². The summed E-state index contributed by atoms with van der Waals surface area (Å²) in [7, 11) is 0. The monoisotopic (exact) mass is 278 g/mol. The third-order valence-corrected chi connectivity index (χ3v) is 2.58. The minimum atomic E-state index is -1.67. The second-order valence-electron chi connectivity index (χ2n) is 5.18. The van der Waals surface area contributed by atoms with Crippen LogP contribution in [0, 0.1) is 28.7 Å². The van der Waals surface area contributed by atoms with E-state index in [0.29, 0.717) is 0 Å². The Hall–Kier alpha value is -1.63. The Morgan fingerprint density at radius 2 is 1.58 bits per heavy atom. The smallest absolute Gasteiger partial charge is 0.241 e. The zero-order valence-corrected chi connectivity index (χ0v) is 10.7. The molecule has 0 bridgehead atoms. The zero-order valence-electron chi connectivity index (χ0n) is 10.7. The average Bonchev–Trinajstić information content (AvgIpc) is 2.29. The lowest BCUT2D eigenvalue weighted by molar-refractivity contribution is -0.119. The fraction of sp³-hybridized carbons (Fsp3) is 0.417. The van der Waals surface area contributed by atoms with E-state index in [1.807, 2.05) is 0 Å². The Labute approximate surface area is 107 Å². The van der Waals surface area contributed by atoms with Crippen LogP contribution < -0.4 is 11.1 Å². The molecule has 0 saturated heterocycles. The number of rotatable bonds is 2. The lowest BCUT2D eigenvalue weighted by Gasteiger charge is -2.26. The van der Waals surface area contributed by atoms with Crippen LogP contribution in [-0.2, 0) is 4.79 Å². The maximum Gasteiger partial charge on any atom is 0.241 e. The summed E-state index contributed by atoms with van der Waals surface area (Å²) in [6.45, 7) is 4.91. The molecule has 0 saturated carbocycles. The standard InChI is InChI=1S/C12H14F4N2O/c1-12(2,3)10(17)11(19)18-9-7(15)5(13)4-6(14)8(9)16/h4,10H,17H2,1-3H3,(H,18,19). The number of anilines is 1. The topological polar surface area (TPSA) is 55.1 Å². The van der Waals surface area contributed by atoms with Crippen molar-refractivity contribution in [3.8, 4) is 0 Å². The van der Waals surface area contributed by atoms with E-state index in [0.717, 1.165) is 0 Å². The molecular formula is C12H14F4N2O. The van der Waals surface area contributed by atoms with E-state index in [2.05, 4.69) is 0 Å². The summed E-state index contributed by atoms with van der Waals surface area (Å²) in [5.41, 5.74) is 3.72. The van der Waals surface area contributed by atoms with Crippen molar-refractivity contribution in [3.63, 3.8) is 0 Å². The lowest BCUT2D eigenvalue weighted by Crippen LogP contribution is -2.45. The first-order chi connectivity index (χ1) is 8.55. The summed E-state index contributed by atoms with van der Waals surface area (Å²) in [5, 5.41) is 1.77. The van der Waals surface area contributed by atoms with E-state index in [4.69, 9.17) is 5.73 Å². The van der Waals surface area contributed by atoms with Gasteiger partial charge in [0.2, 0.25) is 5.91 Å². The molecule has 106 valence electrons. The predicted octanol–water partition coefficient (Wildman–Crippen LogP) is 2.55. The molecule has 0 fully saturated rings. The molecule has 0 aliphatic heterocycles. The lowest BCUT2D eigenvalue weighted by atomic mass is 9.87. The fourth-order valence-corrected chi connectivity index (χ4v) is 1.28. The largest absolute Gasteiger partial charge is 0.320 e. The van der Waals surface area contributed by atoms with Crippen LogP contribution in [0.1, 0.15) is 20.8 Å². The Morgan fingerprint density at radius 1 is 1.16 bits per heavy atom. The molecule has 7 heteroatoms. The van der Waals surface area contributed by atoms with E-state index < -0.39 is 46.3 Å². The highest BCUT2D eigenvalue weighted by Gasteiger charge is 2.29. The van der Waals surface area contributed by atoms with Crippen molar-refractivity contribution in [2.75, 3.05) is 5.32 Å². The average molecular weight is 278 g/mol. The van der Waals surface area contributed by atoms with Crippen molar-refractivity contribution in [2.24, 2.45) is 11.1 Å². The van der Waals surface area contributed by atoms with Crippen LogP contribution in [0.4, 0.5) is 23.2 Å². The van der Waals surface area contributed by atoms with Gasteiger partial charge in [0.25, 0.3) is 0 Å². The number of nitrogens with two attached hydrogens (primary N) is 1. The molecule has 0 heterocycles. The molecule has 1 unspecified atom stereocenters. The van der Waals surface area contributed by atoms with Gasteiger partial charge in [-0.05, 0) is 5.41 Å². The van der Waals surface area contributed by atoms with Gasteiger partial charge in [-0.25, -0.2) is 17.6 Å². The second kappa shape index (κ2) is 5.16. The number of halogens is 4. The van der Waals surface area contributed by atoms with Gasteiger partial charge >= 0.3 is 0 Å². The highest BCUT2D eigenvalue weighted by molar-refractivity contribution is 5.95. The Balaban J connectivity index is 3.11. The fourth-order valence-electron chi connectivity index (χ4n) is 1.28. The second-order valence-corrected chi connectivity index (χ2v) is 5.18. The zero-order chi connectivity index (χ0) is 15.0. The van der Waals surface area contributed by atoms with Crippen LogP contribution in [0.3, 0.4) is 0 Å². The number of amides is 1. The summed E-state index contributed by atoms with van der Waals surface area (Å²) >= 11 is 0. The van der Waals surface area contributed by atoms with Crippen LogP contribution in [0.5, 0.6) is 0 Å². The molecule has 1 amide bonds. The minimum Gasteiger partial charge on any atom is -0.320 e. The molecule has 3 N–H and O–H groups in total. The van der Waals surface area contributed by atoms with Crippen LogP contribution in [-0.4, -0.2) is 11.9 Å². The quantitative estimate of drug-likeness (QED) is 0.645. The molecule has 0 aromatic heterocycles. The maximum absolute atomic E-state index is 13.3. The SMILES string of the molecule is CC(C)(C)C(N)C(=O)Nc1c(F)c(F)cc(F)c1F. The molecular weight excluding hydrogens is 264 g/mol. The Morgan fingerprint density at radius 3 is 1.95 bits per heavy atom. The molecule has 0 spiro atoms. The molecule has 0 radical (unpaired) electrons. The van der Waals surface area contributed by atoms with Crippen LogP contribution >= 0.6 is 0 Å². The summed E-state index contributed by atoms with van der Waals surface area (Å²) in [6.07, 6.45) is 0. The van der Waals surface area contributed by atoms with Crippen molar-refractivity contribution in [3.05, 3.63) is 29.3 Å². The number of hydrogen-bond donors (Lipinski definition) is 2. The summed E-state index contributed by atoms with van der Waals surface area (Å²) in [4.78, 5) is 11.7. The Kier molecular flexibility index (Phi) is 4.19. The molecule has 1 rings (SSSR count). The normalized spacial score (nSPS) is 13.3. The first-order valence-corrected chi connectivity index (χ1v) is 5.45. The highest BCUT2D eigenvalue weighted by Crippen LogP contribution is 2.25. The van der Waals surface area contributed by atoms with Crippen molar-refractivity contribution >= 4 is 11.6 Å². The first kappa shape index (κ1) is 15.4. The molecule has 1 aromatic carbocycles. The molecule has 1 atom stereocenters. The van der Waals surface area contributed by atoms with E-state index in [9.17, 15) is 22.4 Å². The number of nitrogens with one attached hydrogen (secondary N) is 1. The highest BCUT2D eigenvalue weighted by atomic mass is 19.2. The van der Waals surface area contributed by atoms with Gasteiger partial charge in [-0.2, -0.15) is 0 Å². The van der Waals surface area contributed by atoms with E-state index in [1.54, 1.807) is 26.1 Å². The summed E-state index contributed by atoms with van der Waals surface area (Å²) in [6, 6.07) is -1.04. The third kappa shape index (κ3) is 3.23. The molecule has 19 heavy (non-hydrogen) atoms. The molecule has 0 aliphatic rings. The van der Waals surface area contributed by atoms with Gasteiger partial charge in [0.05, 0.1) is 6.04 Å². The van der Waals surface area contributed by atoms with Gasteiger partial charge in [-0.1, -0.05) is 20.8 Å². The molecule has 1 aromatic rings. The van der Waals surface area contributed by atoms with Crippen LogP contribution in [0.2, 0.25) is 0 Å². The number of carbonyl (C=O) groups is 1. The van der Waals surface area contributed by atoms with Gasteiger partial charge in [-0.15, -0.1) is 0 Å². The van der Waals surface area contributed by atoms with Crippen LogP contribution in [0.25, 0.3) is 0 Å². The van der Waals surface area contributed by atoms with Gasteiger partial charge in [0, 0.05) is 6.07 Å². The summed E-state index contributed by atoms with van der Waals surface area (Å²) in [5.74, 6) is -7.48. The van der Waals surface area contributed by atoms with Crippen molar-refractivity contribution in [1.82, 2.24) is 0 Å².